The number of hydrogen-bond acceptors (Lipinski definition) is 5. The first-order chi connectivity index (χ1) is 12.9. The second kappa shape index (κ2) is 6.63. The summed E-state index contributed by atoms with van der Waals surface area (Å²) in [7, 11) is -4.18. The summed E-state index contributed by atoms with van der Waals surface area (Å²) in [5, 5.41) is 11.0. The Labute approximate surface area is 168 Å². The van der Waals surface area contributed by atoms with E-state index in [9.17, 15) is 13.5 Å². The second-order valence-corrected chi connectivity index (χ2v) is 8.80. The largest absolute Gasteiger partial charge is 0.505 e. The first-order valence-electron chi connectivity index (χ1n) is 7.69. The van der Waals surface area contributed by atoms with Crippen LogP contribution in [0, 0.1) is 0 Å². The average Bonchev–Trinajstić information content (AvgIpc) is 3.05. The van der Waals surface area contributed by atoms with E-state index in [0.717, 1.165) is 5.39 Å². The lowest BCUT2D eigenvalue weighted by atomic mass is 10.2. The number of rotatable bonds is 3. The van der Waals surface area contributed by atoms with Crippen LogP contribution >= 0.6 is 27.5 Å². The van der Waals surface area contributed by atoms with E-state index in [1.807, 2.05) is 12.1 Å². The van der Waals surface area contributed by atoms with E-state index in [2.05, 4.69) is 25.9 Å². The Morgan fingerprint density at radius 2 is 1.78 bits per heavy atom. The van der Waals surface area contributed by atoms with Crippen LogP contribution in [0.4, 0.5) is 0 Å². The van der Waals surface area contributed by atoms with Gasteiger partial charge in [0.2, 0.25) is 0 Å². The van der Waals surface area contributed by atoms with Gasteiger partial charge in [0.1, 0.15) is 11.2 Å². The molecule has 136 valence electrons. The van der Waals surface area contributed by atoms with Gasteiger partial charge in [-0.3, -0.25) is 0 Å². The zero-order valence-electron chi connectivity index (χ0n) is 13.5. The maximum Gasteiger partial charge on any atom is 0.272 e. The fraction of sp³-hybridized carbons (Fsp3) is 0. The third-order valence-corrected chi connectivity index (χ3v) is 6.52. The minimum atomic E-state index is -4.18. The van der Waals surface area contributed by atoms with Gasteiger partial charge in [-0.15, -0.1) is 0 Å². The summed E-state index contributed by atoms with van der Waals surface area (Å²) < 4.78 is 28.6. The molecule has 0 unspecified atom stereocenters. The number of halogens is 2. The molecule has 0 amide bonds. The maximum atomic E-state index is 13.5. The van der Waals surface area contributed by atoms with Crippen molar-refractivity contribution in [1.29, 1.82) is 0 Å². The molecule has 4 aromatic rings. The number of phenols is 1. The molecule has 0 saturated heterocycles. The molecule has 2 aromatic heterocycles. The van der Waals surface area contributed by atoms with E-state index in [4.69, 9.17) is 11.6 Å². The van der Waals surface area contributed by atoms with Gasteiger partial charge in [-0.2, -0.15) is 0 Å². The topological polar surface area (TPSA) is 85.1 Å². The molecule has 6 nitrogen and oxygen atoms in total. The molecule has 27 heavy (non-hydrogen) atoms. The van der Waals surface area contributed by atoms with Gasteiger partial charge in [-0.05, 0) is 24.3 Å². The molecule has 1 N–H and O–H groups in total. The predicted octanol–water partition coefficient (Wildman–Crippen LogP) is 4.46. The van der Waals surface area contributed by atoms with Gasteiger partial charge < -0.3 is 5.11 Å². The molecule has 2 heterocycles. The van der Waals surface area contributed by atoms with Crippen molar-refractivity contribution in [2.45, 2.75) is 4.90 Å². The number of phenolic OH excluding ortho intramolecular Hbond substituents is 1. The highest BCUT2D eigenvalue weighted by Crippen LogP contribution is 2.38. The van der Waals surface area contributed by atoms with Crippen molar-refractivity contribution >= 4 is 48.5 Å². The quantitative estimate of drug-likeness (QED) is 0.484. The molecule has 0 saturated carbocycles. The van der Waals surface area contributed by atoms with Gasteiger partial charge in [0.15, 0.2) is 5.75 Å². The molecule has 0 radical (unpaired) electrons. The standard InChI is InChI=1S/C18H11BrClN3O3S/c19-13-6-14(20)18(24)17(7-13)27(25,26)23-15-4-2-1-3-11(15)5-16(23)12-8-21-10-22-9-12/h1-10,24H. The Kier molecular flexibility index (Phi) is 4.41. The maximum absolute atomic E-state index is 13.5. The monoisotopic (exact) mass is 463 g/mol. The summed E-state index contributed by atoms with van der Waals surface area (Å²) in [6.07, 6.45) is 4.42. The van der Waals surface area contributed by atoms with Crippen molar-refractivity contribution in [1.82, 2.24) is 13.9 Å². The Bertz CT molecular complexity index is 1270. The molecule has 0 aliphatic rings. The van der Waals surface area contributed by atoms with Gasteiger partial charge in [0.25, 0.3) is 10.0 Å². The Balaban J connectivity index is 2.10. The van der Waals surface area contributed by atoms with Crippen molar-refractivity contribution in [2.75, 3.05) is 0 Å². The fourth-order valence-corrected chi connectivity index (χ4v) is 5.54. The molecule has 0 aliphatic carbocycles. The Morgan fingerprint density at radius 1 is 1.07 bits per heavy atom. The number of aromatic nitrogens is 3. The van der Waals surface area contributed by atoms with Crippen LogP contribution in [0.2, 0.25) is 5.02 Å². The van der Waals surface area contributed by atoms with Gasteiger partial charge in [0, 0.05) is 27.8 Å². The van der Waals surface area contributed by atoms with Gasteiger partial charge in [-0.25, -0.2) is 22.4 Å². The van der Waals surface area contributed by atoms with Crippen molar-refractivity contribution < 1.29 is 13.5 Å². The minimum absolute atomic E-state index is 0.0657. The first-order valence-corrected chi connectivity index (χ1v) is 10.3. The molecule has 0 bridgehead atoms. The van der Waals surface area contributed by atoms with E-state index >= 15 is 0 Å². The van der Waals surface area contributed by atoms with Crippen molar-refractivity contribution in [3.05, 3.63) is 70.7 Å². The van der Waals surface area contributed by atoms with Crippen molar-refractivity contribution in [3.63, 3.8) is 0 Å². The zero-order valence-corrected chi connectivity index (χ0v) is 16.7. The number of benzene rings is 2. The van der Waals surface area contributed by atoms with Crippen LogP contribution in [-0.4, -0.2) is 27.5 Å². The Hall–Kier alpha value is -2.42. The summed E-state index contributed by atoms with van der Waals surface area (Å²) >= 11 is 9.21. The van der Waals surface area contributed by atoms with Crippen LogP contribution in [0.25, 0.3) is 22.2 Å². The summed E-state index contributed by atoms with van der Waals surface area (Å²) in [4.78, 5) is 7.65. The zero-order chi connectivity index (χ0) is 19.2. The predicted molar refractivity (Wildman–Crippen MR) is 106 cm³/mol. The van der Waals surface area contributed by atoms with E-state index in [-0.39, 0.29) is 9.92 Å². The molecule has 9 heteroatoms. The molecule has 0 aliphatic heterocycles. The SMILES string of the molecule is O=S(=O)(c1cc(Br)cc(Cl)c1O)n1c(-c2cncnc2)cc2ccccc21. The summed E-state index contributed by atoms with van der Waals surface area (Å²) in [6.45, 7) is 0. The summed E-state index contributed by atoms with van der Waals surface area (Å²) in [5.74, 6) is -0.507. The molecule has 0 fully saturated rings. The average molecular weight is 465 g/mol. The van der Waals surface area contributed by atoms with E-state index < -0.39 is 15.8 Å². The molecular formula is C18H11BrClN3O3S. The minimum Gasteiger partial charge on any atom is -0.505 e. The number of fused-ring (bicyclic) bond motifs is 1. The lowest BCUT2D eigenvalue weighted by Crippen LogP contribution is -2.14. The Morgan fingerprint density at radius 3 is 2.52 bits per heavy atom. The van der Waals surface area contributed by atoms with Crippen LogP contribution in [0.1, 0.15) is 0 Å². The smallest absolute Gasteiger partial charge is 0.272 e. The van der Waals surface area contributed by atoms with Crippen LogP contribution in [-0.2, 0) is 10.0 Å². The van der Waals surface area contributed by atoms with Crippen LogP contribution in [0.5, 0.6) is 5.75 Å². The number of aromatic hydroxyl groups is 1. The molecule has 0 atom stereocenters. The first kappa shape index (κ1) is 18.0. The van der Waals surface area contributed by atoms with Gasteiger partial charge in [0.05, 0.1) is 16.2 Å². The molecule has 4 rings (SSSR count). The van der Waals surface area contributed by atoms with E-state index in [0.29, 0.717) is 21.2 Å². The highest BCUT2D eigenvalue weighted by Gasteiger charge is 2.28. The third-order valence-electron chi connectivity index (χ3n) is 4.03. The lowest BCUT2D eigenvalue weighted by Gasteiger charge is -2.14. The van der Waals surface area contributed by atoms with Gasteiger partial charge in [-0.1, -0.05) is 45.7 Å². The fourth-order valence-electron chi connectivity index (χ4n) is 2.86. The van der Waals surface area contributed by atoms with Crippen molar-refractivity contribution in [2.24, 2.45) is 0 Å². The normalized spacial score (nSPS) is 11.8. The molecule has 0 spiro atoms. The lowest BCUT2D eigenvalue weighted by molar-refractivity contribution is 0.458. The van der Waals surface area contributed by atoms with Crippen molar-refractivity contribution in [3.8, 4) is 17.0 Å². The van der Waals surface area contributed by atoms with Crippen LogP contribution < -0.4 is 0 Å². The number of para-hydroxylation sites is 1. The molecular weight excluding hydrogens is 454 g/mol. The van der Waals surface area contributed by atoms with Crippen LogP contribution in [0.15, 0.2) is 70.6 Å². The van der Waals surface area contributed by atoms with E-state index in [1.54, 1.807) is 18.2 Å². The van der Waals surface area contributed by atoms with Crippen LogP contribution in [0.3, 0.4) is 0 Å². The highest BCUT2D eigenvalue weighted by molar-refractivity contribution is 9.10. The molecule has 2 aromatic carbocycles. The second-order valence-electron chi connectivity index (χ2n) is 5.72. The third kappa shape index (κ3) is 2.99. The van der Waals surface area contributed by atoms with Gasteiger partial charge >= 0.3 is 0 Å². The van der Waals surface area contributed by atoms with E-state index in [1.165, 1.54) is 34.8 Å². The number of hydrogen-bond donors (Lipinski definition) is 1. The summed E-state index contributed by atoms with van der Waals surface area (Å²) in [6, 6.07) is 11.5. The number of nitrogens with zero attached hydrogens (tertiary/aromatic N) is 3. The highest BCUT2D eigenvalue weighted by atomic mass is 79.9. The summed E-state index contributed by atoms with van der Waals surface area (Å²) in [5.41, 5.74) is 1.37.